The van der Waals surface area contributed by atoms with Crippen LogP contribution in [0.5, 0.6) is 0 Å². The zero-order valence-electron chi connectivity index (χ0n) is 63.2. The molecule has 0 aliphatic rings. The standard InChI is InChI=1S/C78H152O17P2/c1-6-9-12-15-18-21-24-26-27-28-29-30-32-39-44-49-54-59-64-78(83)95-74(68-89-76(81)62-57-52-47-42-37-34-33-36-40-45-50-55-60-71(4)5)70-93-97(86,87)91-66-72(79)65-90-96(84,85)92-69-73(67-88-75(80)61-56-51-46-41-35-23-20-17-14-11-8-3)94-77(82)63-58-53-48-43-38-31-25-22-19-16-13-10-7-2/h71-74,79H,6-70H2,1-5H3,(H,84,85)(H,86,87)/t72-,73+,74+/m0/s1. The largest absolute Gasteiger partial charge is 0.472 e. The first-order chi connectivity index (χ1) is 47.0. The SMILES string of the molecule is CCCCCCCCCCCCCCCCCCCCC(=O)O[C@H](COC(=O)CCCCCCCCCCCCCCC(C)C)COP(=O)(O)OC[C@@H](O)COP(=O)(O)OC[C@@H](COC(=O)CCCCCCCCCCCCC)OC(=O)CCCCCCCCCCCCCCC. The summed E-state index contributed by atoms with van der Waals surface area (Å²) in [7, 11) is -9.91. The van der Waals surface area contributed by atoms with Crippen LogP contribution in [0.4, 0.5) is 0 Å². The Labute approximate surface area is 594 Å². The third kappa shape index (κ3) is 72.2. The van der Waals surface area contributed by atoms with Crippen molar-refractivity contribution in [1.29, 1.82) is 0 Å². The molecule has 0 saturated heterocycles. The minimum atomic E-state index is -4.96. The summed E-state index contributed by atoms with van der Waals surface area (Å²) in [5.74, 6) is -1.33. The lowest BCUT2D eigenvalue weighted by atomic mass is 10.0. The van der Waals surface area contributed by atoms with Crippen LogP contribution in [0.25, 0.3) is 0 Å². The van der Waals surface area contributed by atoms with E-state index in [1.807, 2.05) is 0 Å². The second-order valence-electron chi connectivity index (χ2n) is 28.6. The Hall–Kier alpha value is -1.94. The van der Waals surface area contributed by atoms with Gasteiger partial charge in [-0.05, 0) is 31.6 Å². The van der Waals surface area contributed by atoms with Crippen molar-refractivity contribution < 1.29 is 80.2 Å². The first kappa shape index (κ1) is 95.1. The topological polar surface area (TPSA) is 237 Å². The van der Waals surface area contributed by atoms with Gasteiger partial charge in [-0.15, -0.1) is 0 Å². The number of hydrogen-bond acceptors (Lipinski definition) is 15. The van der Waals surface area contributed by atoms with Gasteiger partial charge in [0.05, 0.1) is 26.4 Å². The Bertz CT molecular complexity index is 1860. The Morgan fingerprint density at radius 3 is 0.701 bits per heavy atom. The van der Waals surface area contributed by atoms with Crippen molar-refractivity contribution in [2.75, 3.05) is 39.6 Å². The van der Waals surface area contributed by atoms with Gasteiger partial charge in [-0.3, -0.25) is 37.3 Å². The number of carbonyl (C=O) groups excluding carboxylic acids is 4. The molecule has 0 aromatic rings. The molecule has 0 bridgehead atoms. The normalized spacial score (nSPS) is 13.9. The molecule has 0 aliphatic heterocycles. The summed E-state index contributed by atoms with van der Waals surface area (Å²) in [6.45, 7) is 7.33. The van der Waals surface area contributed by atoms with E-state index in [4.69, 9.17) is 37.0 Å². The predicted octanol–water partition coefficient (Wildman–Crippen LogP) is 23.3. The van der Waals surface area contributed by atoms with E-state index in [0.717, 1.165) is 95.8 Å². The summed E-state index contributed by atoms with van der Waals surface area (Å²) < 4.78 is 68.6. The van der Waals surface area contributed by atoms with Gasteiger partial charge >= 0.3 is 39.5 Å². The summed E-state index contributed by atoms with van der Waals surface area (Å²) in [5.41, 5.74) is 0. The molecule has 0 rings (SSSR count). The highest BCUT2D eigenvalue weighted by Crippen LogP contribution is 2.45. The number of aliphatic hydroxyl groups is 1. The van der Waals surface area contributed by atoms with Crippen LogP contribution in [0.3, 0.4) is 0 Å². The van der Waals surface area contributed by atoms with Gasteiger partial charge in [0.15, 0.2) is 12.2 Å². The summed E-state index contributed by atoms with van der Waals surface area (Å²) >= 11 is 0. The van der Waals surface area contributed by atoms with Crippen molar-refractivity contribution in [2.45, 2.75) is 432 Å². The molecule has 0 fully saturated rings. The molecule has 3 N–H and O–H groups in total. The first-order valence-electron chi connectivity index (χ1n) is 40.6. The van der Waals surface area contributed by atoms with Crippen LogP contribution in [0, 0.1) is 5.92 Å². The Morgan fingerprint density at radius 2 is 0.474 bits per heavy atom. The van der Waals surface area contributed by atoms with E-state index in [-0.39, 0.29) is 25.7 Å². The third-order valence-electron chi connectivity index (χ3n) is 18.3. The monoisotopic (exact) mass is 1420 g/mol. The molecular formula is C78H152O17P2. The number of aliphatic hydroxyl groups excluding tert-OH is 1. The van der Waals surface area contributed by atoms with Crippen LogP contribution < -0.4 is 0 Å². The van der Waals surface area contributed by atoms with Gasteiger partial charge in [0.25, 0.3) is 0 Å². The lowest BCUT2D eigenvalue weighted by molar-refractivity contribution is -0.161. The van der Waals surface area contributed by atoms with Crippen molar-refractivity contribution in [1.82, 2.24) is 0 Å². The van der Waals surface area contributed by atoms with Gasteiger partial charge in [-0.1, -0.05) is 362 Å². The summed E-state index contributed by atoms with van der Waals surface area (Å²) in [5, 5.41) is 10.6. The van der Waals surface area contributed by atoms with E-state index in [0.29, 0.717) is 25.7 Å². The zero-order valence-corrected chi connectivity index (χ0v) is 65.0. The summed E-state index contributed by atoms with van der Waals surface area (Å²) in [6.07, 6.45) is 60.9. The summed E-state index contributed by atoms with van der Waals surface area (Å²) in [4.78, 5) is 72.9. The second kappa shape index (κ2) is 71.1. The van der Waals surface area contributed by atoms with Crippen molar-refractivity contribution in [3.05, 3.63) is 0 Å². The third-order valence-corrected chi connectivity index (χ3v) is 20.2. The molecule has 2 unspecified atom stereocenters. The number of esters is 4. The Morgan fingerprint density at radius 1 is 0.278 bits per heavy atom. The molecule has 97 heavy (non-hydrogen) atoms. The molecule has 0 aromatic carbocycles. The summed E-state index contributed by atoms with van der Waals surface area (Å²) in [6, 6.07) is 0. The van der Waals surface area contributed by atoms with E-state index in [1.54, 1.807) is 0 Å². The maximum atomic E-state index is 13.1. The van der Waals surface area contributed by atoms with Crippen molar-refractivity contribution >= 4 is 39.5 Å². The van der Waals surface area contributed by atoms with Gasteiger partial charge < -0.3 is 33.8 Å². The van der Waals surface area contributed by atoms with Crippen LogP contribution in [0.1, 0.15) is 413 Å². The van der Waals surface area contributed by atoms with Gasteiger partial charge in [-0.2, -0.15) is 0 Å². The fourth-order valence-electron chi connectivity index (χ4n) is 12.1. The van der Waals surface area contributed by atoms with Crippen LogP contribution in [-0.4, -0.2) is 96.7 Å². The molecule has 0 aromatic heterocycles. The maximum Gasteiger partial charge on any atom is 0.472 e. The molecular weight excluding hydrogens is 1270 g/mol. The number of phosphoric ester groups is 2. The Balaban J connectivity index is 5.25. The van der Waals surface area contributed by atoms with Crippen molar-refractivity contribution in [3.8, 4) is 0 Å². The van der Waals surface area contributed by atoms with Gasteiger partial charge in [0.1, 0.15) is 19.3 Å². The molecule has 0 heterocycles. The van der Waals surface area contributed by atoms with Crippen LogP contribution in [-0.2, 0) is 65.4 Å². The smallest absolute Gasteiger partial charge is 0.462 e. The molecule has 0 radical (unpaired) electrons. The first-order valence-corrected chi connectivity index (χ1v) is 43.6. The zero-order chi connectivity index (χ0) is 71.2. The van der Waals surface area contributed by atoms with Crippen molar-refractivity contribution in [3.63, 3.8) is 0 Å². The molecule has 0 aliphatic carbocycles. The van der Waals surface area contributed by atoms with E-state index in [2.05, 4.69) is 34.6 Å². The fourth-order valence-corrected chi connectivity index (χ4v) is 13.6. The van der Waals surface area contributed by atoms with Crippen LogP contribution in [0.2, 0.25) is 0 Å². The molecule has 5 atom stereocenters. The number of hydrogen-bond donors (Lipinski definition) is 3. The van der Waals surface area contributed by atoms with Gasteiger partial charge in [0.2, 0.25) is 0 Å². The fraction of sp³-hybridized carbons (Fsp3) is 0.949. The highest BCUT2D eigenvalue weighted by Gasteiger charge is 2.30. The molecule has 0 saturated carbocycles. The van der Waals surface area contributed by atoms with E-state index >= 15 is 0 Å². The van der Waals surface area contributed by atoms with Crippen LogP contribution >= 0.6 is 15.6 Å². The van der Waals surface area contributed by atoms with E-state index in [1.165, 1.54) is 238 Å². The number of unbranched alkanes of at least 4 members (excludes halogenated alkanes) is 50. The average Bonchev–Trinajstić information content (AvgIpc) is 1.68. The molecule has 0 amide bonds. The maximum absolute atomic E-state index is 13.1. The molecule has 19 heteroatoms. The lowest BCUT2D eigenvalue weighted by Crippen LogP contribution is -2.30. The lowest BCUT2D eigenvalue weighted by Gasteiger charge is -2.21. The molecule has 17 nitrogen and oxygen atoms in total. The molecule has 0 spiro atoms. The number of carbonyl (C=O) groups is 4. The predicted molar refractivity (Wildman–Crippen MR) is 395 cm³/mol. The molecule has 576 valence electrons. The minimum Gasteiger partial charge on any atom is -0.462 e. The van der Waals surface area contributed by atoms with Crippen LogP contribution in [0.15, 0.2) is 0 Å². The van der Waals surface area contributed by atoms with E-state index in [9.17, 15) is 43.2 Å². The quantitative estimate of drug-likeness (QED) is 0.0222. The number of phosphoric acid groups is 2. The van der Waals surface area contributed by atoms with Gasteiger partial charge in [0, 0.05) is 25.7 Å². The highest BCUT2D eigenvalue weighted by atomic mass is 31.2. The highest BCUT2D eigenvalue weighted by molar-refractivity contribution is 7.47. The minimum absolute atomic E-state index is 0.108. The second-order valence-corrected chi connectivity index (χ2v) is 31.5. The Kier molecular flexibility index (Phi) is 69.6. The van der Waals surface area contributed by atoms with Gasteiger partial charge in [-0.25, -0.2) is 9.13 Å². The van der Waals surface area contributed by atoms with Crippen molar-refractivity contribution in [2.24, 2.45) is 5.92 Å². The number of ether oxygens (including phenoxy) is 4. The average molecular weight is 1420 g/mol. The number of rotatable bonds is 78. The van der Waals surface area contributed by atoms with E-state index < -0.39 is 97.5 Å².